The van der Waals surface area contributed by atoms with E-state index < -0.39 is 0 Å². The second-order valence-corrected chi connectivity index (χ2v) is 9.53. The standard InChI is InChI=1S/C22H21IN2O4S2/c1-28-17-10-5-14(12-18(17)29-2)13-19-21(27)25(22(30)31-19)11-3-4-20(26)24-16-8-6-15(23)7-9-16/h5-10,12-13H,3-4,11H2,1-2H3,(H,24,26)/b19-13-. The second-order valence-electron chi connectivity index (χ2n) is 6.61. The van der Waals surface area contributed by atoms with Crippen LogP contribution in [0.3, 0.4) is 0 Å². The molecule has 0 radical (unpaired) electrons. The highest BCUT2D eigenvalue weighted by Gasteiger charge is 2.31. The Morgan fingerprint density at radius 2 is 1.87 bits per heavy atom. The van der Waals surface area contributed by atoms with Crippen LogP contribution in [0.2, 0.25) is 0 Å². The predicted octanol–water partition coefficient (Wildman–Crippen LogP) is 4.93. The smallest absolute Gasteiger partial charge is 0.266 e. The summed E-state index contributed by atoms with van der Waals surface area (Å²) in [6.45, 7) is 0.397. The van der Waals surface area contributed by atoms with Gasteiger partial charge in [0.1, 0.15) is 4.32 Å². The van der Waals surface area contributed by atoms with Gasteiger partial charge in [-0.1, -0.05) is 30.0 Å². The molecule has 0 spiro atoms. The number of benzene rings is 2. The molecule has 2 amide bonds. The largest absolute Gasteiger partial charge is 0.493 e. The Morgan fingerprint density at radius 3 is 2.55 bits per heavy atom. The Kier molecular flexibility index (Phi) is 8.33. The Balaban J connectivity index is 1.57. The van der Waals surface area contributed by atoms with Gasteiger partial charge in [0, 0.05) is 22.2 Å². The topological polar surface area (TPSA) is 67.9 Å². The molecule has 0 bridgehead atoms. The third-order valence-electron chi connectivity index (χ3n) is 4.49. The summed E-state index contributed by atoms with van der Waals surface area (Å²) >= 11 is 8.85. The van der Waals surface area contributed by atoms with Gasteiger partial charge < -0.3 is 14.8 Å². The molecule has 2 aromatic rings. The van der Waals surface area contributed by atoms with Crippen molar-refractivity contribution in [1.29, 1.82) is 0 Å². The summed E-state index contributed by atoms with van der Waals surface area (Å²) in [6.07, 6.45) is 2.61. The van der Waals surface area contributed by atoms with E-state index in [0.29, 0.717) is 40.1 Å². The predicted molar refractivity (Wildman–Crippen MR) is 136 cm³/mol. The van der Waals surface area contributed by atoms with Gasteiger partial charge in [-0.2, -0.15) is 0 Å². The van der Waals surface area contributed by atoms with Crippen LogP contribution in [0, 0.1) is 3.57 Å². The number of nitrogens with zero attached hydrogens (tertiary/aromatic N) is 1. The summed E-state index contributed by atoms with van der Waals surface area (Å²) in [5.74, 6) is 0.969. The number of ether oxygens (including phenoxy) is 2. The minimum Gasteiger partial charge on any atom is -0.493 e. The molecule has 1 aliphatic rings. The molecule has 0 atom stereocenters. The summed E-state index contributed by atoms with van der Waals surface area (Å²) in [4.78, 5) is 27.0. The minimum atomic E-state index is -0.150. The number of thiocarbonyl (C=S) groups is 1. The third-order valence-corrected chi connectivity index (χ3v) is 6.59. The number of carbonyl (C=O) groups excluding carboxylic acids is 2. The minimum absolute atomic E-state index is 0.0903. The number of anilines is 1. The highest BCUT2D eigenvalue weighted by molar-refractivity contribution is 14.1. The molecule has 1 fully saturated rings. The molecule has 1 N–H and O–H groups in total. The number of hydrogen-bond acceptors (Lipinski definition) is 6. The lowest BCUT2D eigenvalue weighted by Crippen LogP contribution is -2.29. The van der Waals surface area contributed by atoms with Crippen LogP contribution in [-0.4, -0.2) is 41.8 Å². The quantitative estimate of drug-likeness (QED) is 0.277. The highest BCUT2D eigenvalue weighted by atomic mass is 127. The highest BCUT2D eigenvalue weighted by Crippen LogP contribution is 2.34. The van der Waals surface area contributed by atoms with E-state index in [1.807, 2.05) is 30.3 Å². The number of rotatable bonds is 8. The van der Waals surface area contributed by atoms with E-state index in [1.165, 1.54) is 11.8 Å². The van der Waals surface area contributed by atoms with Crippen molar-refractivity contribution in [3.8, 4) is 11.5 Å². The summed E-state index contributed by atoms with van der Waals surface area (Å²) in [6, 6.07) is 13.0. The normalized spacial score (nSPS) is 14.8. The van der Waals surface area contributed by atoms with Gasteiger partial charge in [-0.05, 0) is 77.0 Å². The second kappa shape index (κ2) is 11.0. The molecular formula is C22H21IN2O4S2. The van der Waals surface area contributed by atoms with Crippen molar-refractivity contribution in [3.05, 3.63) is 56.5 Å². The average molecular weight is 568 g/mol. The van der Waals surface area contributed by atoms with Crippen LogP contribution in [0.15, 0.2) is 47.4 Å². The van der Waals surface area contributed by atoms with Gasteiger partial charge in [0.25, 0.3) is 5.91 Å². The van der Waals surface area contributed by atoms with Gasteiger partial charge >= 0.3 is 0 Å². The fraction of sp³-hybridized carbons (Fsp3) is 0.227. The molecule has 1 aliphatic heterocycles. The van der Waals surface area contributed by atoms with E-state index >= 15 is 0 Å². The number of hydrogen-bond donors (Lipinski definition) is 1. The summed E-state index contributed by atoms with van der Waals surface area (Å²) in [5.41, 5.74) is 1.57. The third kappa shape index (κ3) is 6.20. The summed E-state index contributed by atoms with van der Waals surface area (Å²) in [7, 11) is 3.14. The fourth-order valence-corrected chi connectivity index (χ4v) is 4.61. The Bertz CT molecular complexity index is 1020. The average Bonchev–Trinajstić information content (AvgIpc) is 3.02. The zero-order valence-electron chi connectivity index (χ0n) is 17.0. The zero-order valence-corrected chi connectivity index (χ0v) is 20.8. The van der Waals surface area contributed by atoms with E-state index in [1.54, 1.807) is 37.3 Å². The van der Waals surface area contributed by atoms with Crippen LogP contribution in [0.4, 0.5) is 5.69 Å². The molecule has 9 heteroatoms. The number of methoxy groups -OCH3 is 2. The lowest BCUT2D eigenvalue weighted by Gasteiger charge is -2.14. The van der Waals surface area contributed by atoms with Gasteiger partial charge in [0.15, 0.2) is 11.5 Å². The molecular weight excluding hydrogens is 547 g/mol. The van der Waals surface area contributed by atoms with Gasteiger partial charge in [0.2, 0.25) is 5.91 Å². The number of nitrogens with one attached hydrogen (secondary N) is 1. The molecule has 0 aliphatic carbocycles. The molecule has 1 heterocycles. The summed E-state index contributed by atoms with van der Waals surface area (Å²) in [5, 5.41) is 2.86. The lowest BCUT2D eigenvalue weighted by atomic mass is 10.2. The SMILES string of the molecule is COc1ccc(/C=C2\SC(=S)N(CCCC(=O)Nc3ccc(I)cc3)C2=O)cc1OC. The summed E-state index contributed by atoms with van der Waals surface area (Å²) < 4.78 is 12.2. The van der Waals surface area contributed by atoms with Crippen LogP contribution >= 0.6 is 46.6 Å². The van der Waals surface area contributed by atoms with E-state index in [-0.39, 0.29) is 11.8 Å². The van der Waals surface area contributed by atoms with E-state index in [0.717, 1.165) is 14.8 Å². The Morgan fingerprint density at radius 1 is 1.16 bits per heavy atom. The van der Waals surface area contributed by atoms with Gasteiger partial charge in [-0.3, -0.25) is 14.5 Å². The van der Waals surface area contributed by atoms with Gasteiger partial charge in [-0.15, -0.1) is 0 Å². The first-order valence-corrected chi connectivity index (χ1v) is 11.7. The molecule has 1 saturated heterocycles. The van der Waals surface area contributed by atoms with Crippen molar-refractivity contribution in [2.45, 2.75) is 12.8 Å². The van der Waals surface area contributed by atoms with Crippen LogP contribution in [0.25, 0.3) is 6.08 Å². The number of halogens is 1. The van der Waals surface area contributed by atoms with Gasteiger partial charge in [-0.25, -0.2) is 0 Å². The number of amides is 2. The fourth-order valence-electron chi connectivity index (χ4n) is 2.94. The van der Waals surface area contributed by atoms with E-state index in [4.69, 9.17) is 21.7 Å². The molecule has 162 valence electrons. The maximum absolute atomic E-state index is 12.8. The first-order valence-electron chi connectivity index (χ1n) is 9.44. The van der Waals surface area contributed by atoms with Crippen LogP contribution in [0.5, 0.6) is 11.5 Å². The lowest BCUT2D eigenvalue weighted by molar-refractivity contribution is -0.122. The van der Waals surface area contributed by atoms with Crippen molar-refractivity contribution in [2.24, 2.45) is 0 Å². The van der Waals surface area contributed by atoms with Crippen LogP contribution in [0.1, 0.15) is 18.4 Å². The molecule has 6 nitrogen and oxygen atoms in total. The van der Waals surface area contributed by atoms with Crippen molar-refractivity contribution in [2.75, 3.05) is 26.1 Å². The van der Waals surface area contributed by atoms with Crippen molar-refractivity contribution in [1.82, 2.24) is 4.90 Å². The first-order chi connectivity index (χ1) is 14.9. The molecule has 0 unspecified atom stereocenters. The Labute approximate surface area is 204 Å². The first kappa shape index (κ1) is 23.6. The van der Waals surface area contributed by atoms with Crippen molar-refractivity contribution < 1.29 is 19.1 Å². The Hall–Kier alpha value is -2.11. The van der Waals surface area contributed by atoms with Crippen molar-refractivity contribution in [3.63, 3.8) is 0 Å². The van der Waals surface area contributed by atoms with Crippen molar-refractivity contribution >= 4 is 74.5 Å². The maximum atomic E-state index is 12.8. The molecule has 0 saturated carbocycles. The van der Waals surface area contributed by atoms with E-state index in [9.17, 15) is 9.59 Å². The monoisotopic (exact) mass is 568 g/mol. The van der Waals surface area contributed by atoms with E-state index in [2.05, 4.69) is 27.9 Å². The maximum Gasteiger partial charge on any atom is 0.266 e. The van der Waals surface area contributed by atoms with Gasteiger partial charge in [0.05, 0.1) is 19.1 Å². The number of carbonyl (C=O) groups is 2. The molecule has 31 heavy (non-hydrogen) atoms. The molecule has 0 aromatic heterocycles. The number of thioether (sulfide) groups is 1. The molecule has 2 aromatic carbocycles. The molecule has 3 rings (SSSR count). The zero-order chi connectivity index (χ0) is 22.4. The van der Waals surface area contributed by atoms with Crippen LogP contribution in [-0.2, 0) is 9.59 Å². The van der Waals surface area contributed by atoms with Crippen LogP contribution < -0.4 is 14.8 Å².